The Morgan fingerprint density at radius 2 is 1.64 bits per heavy atom. The van der Waals surface area contributed by atoms with E-state index >= 15 is 0 Å². The summed E-state index contributed by atoms with van der Waals surface area (Å²) in [5.41, 5.74) is 2.79. The van der Waals surface area contributed by atoms with E-state index in [0.717, 1.165) is 11.1 Å². The van der Waals surface area contributed by atoms with Crippen molar-refractivity contribution in [2.24, 2.45) is 0 Å². The highest BCUT2D eigenvalue weighted by molar-refractivity contribution is 6.30. The van der Waals surface area contributed by atoms with Crippen LogP contribution in [0.3, 0.4) is 0 Å². The molecule has 0 aliphatic heterocycles. The highest BCUT2D eigenvalue weighted by Gasteiger charge is 2.11. The maximum Gasteiger partial charge on any atom is 0.193 e. The average molecular weight is 353 g/mol. The number of Topliss-reactive ketones (excluding diaryl/α,β-unsaturated/α-hetero) is 1. The van der Waals surface area contributed by atoms with Gasteiger partial charge in [0.1, 0.15) is 11.5 Å². The molecule has 0 aliphatic rings. The standard InChI is InChI=1S/C21H17ClO3/c1-13-11-20(24)21(14(2)25-13)17-5-3-15(4-6-17)12-19(23)16-7-9-18(22)10-8-16/h3-11H,12H2,1-2H3. The first-order chi connectivity index (χ1) is 11.9. The van der Waals surface area contributed by atoms with Crippen molar-refractivity contribution in [2.45, 2.75) is 20.3 Å². The number of halogens is 1. The summed E-state index contributed by atoms with van der Waals surface area (Å²) in [5, 5.41) is 0.605. The fraction of sp³-hybridized carbons (Fsp3) is 0.143. The van der Waals surface area contributed by atoms with Crippen molar-refractivity contribution in [2.75, 3.05) is 0 Å². The maximum absolute atomic E-state index is 12.3. The molecule has 126 valence electrons. The number of aryl methyl sites for hydroxylation is 2. The molecular formula is C21H17ClO3. The average Bonchev–Trinajstić information content (AvgIpc) is 2.56. The number of ketones is 1. The van der Waals surface area contributed by atoms with Gasteiger partial charge in [0.25, 0.3) is 0 Å². The van der Waals surface area contributed by atoms with Crippen molar-refractivity contribution in [1.29, 1.82) is 0 Å². The van der Waals surface area contributed by atoms with E-state index in [1.54, 1.807) is 38.1 Å². The van der Waals surface area contributed by atoms with Crippen LogP contribution in [0.25, 0.3) is 11.1 Å². The minimum atomic E-state index is -0.0637. The summed E-state index contributed by atoms with van der Waals surface area (Å²) in [7, 11) is 0. The molecule has 0 atom stereocenters. The smallest absolute Gasteiger partial charge is 0.193 e. The van der Waals surface area contributed by atoms with Crippen LogP contribution in [0.4, 0.5) is 0 Å². The number of rotatable bonds is 4. The Morgan fingerprint density at radius 3 is 2.24 bits per heavy atom. The Kier molecular flexibility index (Phi) is 4.86. The number of hydrogen-bond donors (Lipinski definition) is 0. The Morgan fingerprint density at radius 1 is 1.00 bits per heavy atom. The van der Waals surface area contributed by atoms with Gasteiger partial charge in [-0.25, -0.2) is 0 Å². The van der Waals surface area contributed by atoms with Gasteiger partial charge < -0.3 is 4.42 Å². The van der Waals surface area contributed by atoms with E-state index in [1.807, 2.05) is 24.3 Å². The van der Waals surface area contributed by atoms with Crippen molar-refractivity contribution in [1.82, 2.24) is 0 Å². The Balaban J connectivity index is 1.82. The lowest BCUT2D eigenvalue weighted by molar-refractivity contribution is 0.0993. The van der Waals surface area contributed by atoms with E-state index in [1.165, 1.54) is 6.07 Å². The SMILES string of the molecule is Cc1cc(=O)c(-c2ccc(CC(=O)c3ccc(Cl)cc3)cc2)c(C)o1. The van der Waals surface area contributed by atoms with Crippen LogP contribution in [0, 0.1) is 13.8 Å². The lowest BCUT2D eigenvalue weighted by Gasteiger charge is -2.07. The lowest BCUT2D eigenvalue weighted by atomic mass is 9.99. The number of benzene rings is 2. The highest BCUT2D eigenvalue weighted by Crippen LogP contribution is 2.21. The summed E-state index contributed by atoms with van der Waals surface area (Å²) in [6.07, 6.45) is 0.295. The van der Waals surface area contributed by atoms with Crippen LogP contribution in [-0.2, 0) is 6.42 Å². The van der Waals surface area contributed by atoms with Gasteiger partial charge in [0.15, 0.2) is 11.2 Å². The minimum absolute atomic E-state index is 0.0236. The van der Waals surface area contributed by atoms with Gasteiger partial charge in [0.2, 0.25) is 0 Å². The lowest BCUT2D eigenvalue weighted by Crippen LogP contribution is -2.06. The molecule has 2 aromatic carbocycles. The van der Waals surface area contributed by atoms with Gasteiger partial charge in [-0.15, -0.1) is 0 Å². The molecule has 0 spiro atoms. The first-order valence-corrected chi connectivity index (χ1v) is 8.31. The van der Waals surface area contributed by atoms with Gasteiger partial charge in [0.05, 0.1) is 5.56 Å². The van der Waals surface area contributed by atoms with E-state index in [0.29, 0.717) is 34.1 Å². The van der Waals surface area contributed by atoms with E-state index in [-0.39, 0.29) is 11.2 Å². The van der Waals surface area contributed by atoms with Crippen LogP contribution in [0.5, 0.6) is 0 Å². The molecule has 0 fully saturated rings. The van der Waals surface area contributed by atoms with Gasteiger partial charge in [-0.2, -0.15) is 0 Å². The van der Waals surface area contributed by atoms with Crippen LogP contribution < -0.4 is 5.43 Å². The minimum Gasteiger partial charge on any atom is -0.466 e. The summed E-state index contributed by atoms with van der Waals surface area (Å²) >= 11 is 5.84. The molecule has 0 saturated carbocycles. The molecule has 0 aliphatic carbocycles. The van der Waals surface area contributed by atoms with Crippen molar-refractivity contribution in [3.63, 3.8) is 0 Å². The topological polar surface area (TPSA) is 47.3 Å². The summed E-state index contributed by atoms with van der Waals surface area (Å²) in [6, 6.07) is 15.8. The number of carbonyl (C=O) groups excluding carboxylic acids is 1. The molecule has 0 saturated heterocycles. The zero-order valence-electron chi connectivity index (χ0n) is 14.0. The van der Waals surface area contributed by atoms with Crippen molar-refractivity contribution in [3.05, 3.63) is 92.5 Å². The third-order valence-corrected chi connectivity index (χ3v) is 4.27. The molecule has 3 aromatic rings. The summed E-state index contributed by atoms with van der Waals surface area (Å²) in [4.78, 5) is 24.5. The van der Waals surface area contributed by atoms with Crippen molar-refractivity contribution < 1.29 is 9.21 Å². The van der Waals surface area contributed by atoms with E-state index in [2.05, 4.69) is 0 Å². The number of carbonyl (C=O) groups is 1. The molecule has 3 nitrogen and oxygen atoms in total. The van der Waals surface area contributed by atoms with Gasteiger partial charge in [0, 0.05) is 23.1 Å². The molecule has 0 unspecified atom stereocenters. The summed E-state index contributed by atoms with van der Waals surface area (Å²) in [6.45, 7) is 3.53. The van der Waals surface area contributed by atoms with Crippen LogP contribution >= 0.6 is 11.6 Å². The summed E-state index contributed by atoms with van der Waals surface area (Å²) in [5.74, 6) is 1.21. The first-order valence-electron chi connectivity index (χ1n) is 7.93. The third kappa shape index (κ3) is 3.89. The second-order valence-corrected chi connectivity index (χ2v) is 6.39. The number of hydrogen-bond acceptors (Lipinski definition) is 3. The van der Waals surface area contributed by atoms with E-state index < -0.39 is 0 Å². The Bertz CT molecular complexity index is 968. The molecule has 0 N–H and O–H groups in total. The van der Waals surface area contributed by atoms with E-state index in [4.69, 9.17) is 16.0 Å². The van der Waals surface area contributed by atoms with Crippen LogP contribution in [0.15, 0.2) is 63.8 Å². The monoisotopic (exact) mass is 352 g/mol. The largest absolute Gasteiger partial charge is 0.466 e. The van der Waals surface area contributed by atoms with E-state index in [9.17, 15) is 9.59 Å². The molecule has 25 heavy (non-hydrogen) atoms. The predicted octanol–water partition coefficient (Wildman–Crippen LogP) is 5.00. The zero-order chi connectivity index (χ0) is 18.0. The van der Waals surface area contributed by atoms with Gasteiger partial charge >= 0.3 is 0 Å². The fourth-order valence-electron chi connectivity index (χ4n) is 2.81. The second kappa shape index (κ2) is 7.08. The van der Waals surface area contributed by atoms with Gasteiger partial charge in [-0.05, 0) is 49.2 Å². The molecule has 3 rings (SSSR count). The predicted molar refractivity (Wildman–Crippen MR) is 99.4 cm³/mol. The molecule has 0 radical (unpaired) electrons. The zero-order valence-corrected chi connectivity index (χ0v) is 14.8. The van der Waals surface area contributed by atoms with Gasteiger partial charge in [-0.1, -0.05) is 35.9 Å². The van der Waals surface area contributed by atoms with Gasteiger partial charge in [-0.3, -0.25) is 9.59 Å². The van der Waals surface area contributed by atoms with Crippen LogP contribution in [-0.4, -0.2) is 5.78 Å². The quantitative estimate of drug-likeness (QED) is 0.620. The fourth-order valence-corrected chi connectivity index (χ4v) is 2.94. The Labute approximate surface area is 150 Å². The van der Waals surface area contributed by atoms with Crippen molar-refractivity contribution >= 4 is 17.4 Å². The maximum atomic E-state index is 12.3. The van der Waals surface area contributed by atoms with Crippen LogP contribution in [0.2, 0.25) is 5.02 Å². The van der Waals surface area contributed by atoms with Crippen molar-refractivity contribution in [3.8, 4) is 11.1 Å². The first kappa shape index (κ1) is 17.2. The molecule has 1 aromatic heterocycles. The Hall–Kier alpha value is -2.65. The molecule has 0 bridgehead atoms. The molecule has 4 heteroatoms. The highest BCUT2D eigenvalue weighted by atomic mass is 35.5. The van der Waals surface area contributed by atoms with Crippen LogP contribution in [0.1, 0.15) is 27.4 Å². The summed E-state index contributed by atoms with van der Waals surface area (Å²) < 4.78 is 5.54. The second-order valence-electron chi connectivity index (χ2n) is 5.96. The molecule has 1 heterocycles. The third-order valence-electron chi connectivity index (χ3n) is 4.02. The molecule has 0 amide bonds. The normalized spacial score (nSPS) is 10.7. The molecular weight excluding hydrogens is 336 g/mol.